The Morgan fingerprint density at radius 3 is 2.18 bits per heavy atom. The van der Waals surface area contributed by atoms with E-state index in [2.05, 4.69) is 72.8 Å². The van der Waals surface area contributed by atoms with Gasteiger partial charge in [0.25, 0.3) is 0 Å². The molecule has 1 atom stereocenters. The molecule has 0 aliphatic rings. The molecular formula is C16H13P. The maximum absolute atomic E-state index is 2.23. The van der Waals surface area contributed by atoms with Crippen molar-refractivity contribution in [1.29, 1.82) is 0 Å². The Balaban J connectivity index is 2.06. The zero-order valence-electron chi connectivity index (χ0n) is 9.43. The maximum atomic E-state index is 2.23. The third kappa shape index (κ3) is 2.23. The second kappa shape index (κ2) is 4.69. The van der Waals surface area contributed by atoms with Crippen LogP contribution in [0.25, 0.3) is 10.8 Å². The van der Waals surface area contributed by atoms with Crippen molar-refractivity contribution < 1.29 is 0 Å². The van der Waals surface area contributed by atoms with Gasteiger partial charge < -0.3 is 0 Å². The molecule has 0 nitrogen and oxygen atoms in total. The molecule has 0 saturated carbocycles. The molecule has 0 N–H and O–H groups in total. The molecule has 0 bridgehead atoms. The highest BCUT2D eigenvalue weighted by atomic mass is 31.1. The minimum atomic E-state index is 0.731. The Kier molecular flexibility index (Phi) is 2.90. The first-order valence-corrected chi connectivity index (χ1v) is 6.73. The van der Waals surface area contributed by atoms with Crippen LogP contribution in [0.3, 0.4) is 0 Å². The van der Waals surface area contributed by atoms with Gasteiger partial charge in [0.1, 0.15) is 0 Å². The standard InChI is InChI=1S/C16H13P/c1-2-9-14(10-3-1)17-16-12-6-8-13-7-4-5-11-15(13)16/h1-12,17H. The van der Waals surface area contributed by atoms with Gasteiger partial charge in [0.15, 0.2) is 0 Å². The van der Waals surface area contributed by atoms with Gasteiger partial charge in [-0.2, -0.15) is 0 Å². The van der Waals surface area contributed by atoms with E-state index < -0.39 is 0 Å². The van der Waals surface area contributed by atoms with E-state index in [1.807, 2.05) is 0 Å². The third-order valence-electron chi connectivity index (χ3n) is 2.84. The lowest BCUT2D eigenvalue weighted by molar-refractivity contribution is 1.77. The summed E-state index contributed by atoms with van der Waals surface area (Å²) in [7, 11) is 0.731. The average Bonchev–Trinajstić information content (AvgIpc) is 2.40. The second-order valence-electron chi connectivity index (χ2n) is 4.02. The van der Waals surface area contributed by atoms with Gasteiger partial charge in [-0.1, -0.05) is 81.4 Å². The molecule has 1 unspecified atom stereocenters. The number of rotatable bonds is 2. The molecular weight excluding hydrogens is 223 g/mol. The van der Waals surface area contributed by atoms with Crippen molar-refractivity contribution in [3.05, 3.63) is 72.8 Å². The van der Waals surface area contributed by atoms with Crippen molar-refractivity contribution in [2.45, 2.75) is 0 Å². The van der Waals surface area contributed by atoms with Crippen molar-refractivity contribution in [3.8, 4) is 0 Å². The molecule has 82 valence electrons. The lowest BCUT2D eigenvalue weighted by Crippen LogP contribution is -2.03. The van der Waals surface area contributed by atoms with E-state index in [0.717, 1.165) is 8.58 Å². The number of hydrogen-bond acceptors (Lipinski definition) is 0. The summed E-state index contributed by atoms with van der Waals surface area (Å²) >= 11 is 0. The van der Waals surface area contributed by atoms with Gasteiger partial charge in [-0.15, -0.1) is 0 Å². The fourth-order valence-corrected chi connectivity index (χ4v) is 3.22. The molecule has 0 radical (unpaired) electrons. The van der Waals surface area contributed by atoms with Gasteiger partial charge in [0.2, 0.25) is 0 Å². The van der Waals surface area contributed by atoms with E-state index >= 15 is 0 Å². The van der Waals surface area contributed by atoms with Crippen LogP contribution in [0, 0.1) is 0 Å². The monoisotopic (exact) mass is 236 g/mol. The van der Waals surface area contributed by atoms with E-state index in [9.17, 15) is 0 Å². The molecule has 3 aromatic carbocycles. The lowest BCUT2D eigenvalue weighted by Gasteiger charge is -2.06. The Labute approximate surface area is 103 Å². The number of benzene rings is 3. The maximum Gasteiger partial charge on any atom is -0.0106 e. The predicted molar refractivity (Wildman–Crippen MR) is 78.0 cm³/mol. The summed E-state index contributed by atoms with van der Waals surface area (Å²) in [6, 6.07) is 25.8. The molecule has 3 aromatic rings. The molecule has 0 aliphatic carbocycles. The molecule has 3 rings (SSSR count). The van der Waals surface area contributed by atoms with Crippen LogP contribution in [0.1, 0.15) is 0 Å². The van der Waals surface area contributed by atoms with Gasteiger partial charge in [-0.25, -0.2) is 0 Å². The summed E-state index contributed by atoms with van der Waals surface area (Å²) in [5.41, 5.74) is 0. The molecule has 0 aromatic heterocycles. The van der Waals surface area contributed by atoms with Crippen LogP contribution in [0.4, 0.5) is 0 Å². The number of hydrogen-bond donors (Lipinski definition) is 0. The smallest absolute Gasteiger partial charge is 0.0106 e. The van der Waals surface area contributed by atoms with Crippen molar-refractivity contribution in [3.63, 3.8) is 0 Å². The van der Waals surface area contributed by atoms with Gasteiger partial charge in [0, 0.05) is 0 Å². The molecule has 0 saturated heterocycles. The Morgan fingerprint density at radius 1 is 0.588 bits per heavy atom. The van der Waals surface area contributed by atoms with E-state index in [4.69, 9.17) is 0 Å². The molecule has 0 spiro atoms. The predicted octanol–water partition coefficient (Wildman–Crippen LogP) is 3.47. The van der Waals surface area contributed by atoms with Gasteiger partial charge in [-0.3, -0.25) is 0 Å². The Hall–Kier alpha value is -1.65. The molecule has 0 amide bonds. The van der Waals surface area contributed by atoms with Crippen LogP contribution in [-0.4, -0.2) is 0 Å². The van der Waals surface area contributed by atoms with Crippen LogP contribution in [0.2, 0.25) is 0 Å². The summed E-state index contributed by atoms with van der Waals surface area (Å²) in [6.07, 6.45) is 0. The zero-order valence-corrected chi connectivity index (χ0v) is 10.4. The summed E-state index contributed by atoms with van der Waals surface area (Å²) in [6.45, 7) is 0. The Bertz CT molecular complexity index is 624. The van der Waals surface area contributed by atoms with Crippen molar-refractivity contribution in [2.24, 2.45) is 0 Å². The molecule has 0 aliphatic heterocycles. The molecule has 0 heterocycles. The van der Waals surface area contributed by atoms with E-state index in [-0.39, 0.29) is 0 Å². The van der Waals surface area contributed by atoms with Crippen LogP contribution in [0.15, 0.2) is 72.8 Å². The fourth-order valence-electron chi connectivity index (χ4n) is 2.01. The summed E-state index contributed by atoms with van der Waals surface area (Å²) in [5, 5.41) is 5.52. The normalized spacial score (nSPS) is 11.3. The summed E-state index contributed by atoms with van der Waals surface area (Å²) in [4.78, 5) is 0. The molecule has 1 heteroatoms. The zero-order chi connectivity index (χ0) is 11.5. The number of fused-ring (bicyclic) bond motifs is 1. The first-order chi connectivity index (χ1) is 8.43. The molecule has 17 heavy (non-hydrogen) atoms. The van der Waals surface area contributed by atoms with Crippen molar-refractivity contribution >= 4 is 30.0 Å². The van der Waals surface area contributed by atoms with Crippen LogP contribution >= 0.6 is 8.58 Å². The van der Waals surface area contributed by atoms with Gasteiger partial charge in [0.05, 0.1) is 0 Å². The topological polar surface area (TPSA) is 0 Å². The Morgan fingerprint density at radius 2 is 1.29 bits per heavy atom. The SMILES string of the molecule is c1ccc(Pc2cccc3ccccc23)cc1. The first-order valence-electron chi connectivity index (χ1n) is 5.73. The third-order valence-corrected chi connectivity index (χ3v) is 4.17. The highest BCUT2D eigenvalue weighted by Crippen LogP contribution is 2.19. The van der Waals surface area contributed by atoms with E-state index in [0.29, 0.717) is 0 Å². The van der Waals surface area contributed by atoms with Gasteiger partial charge >= 0.3 is 0 Å². The van der Waals surface area contributed by atoms with E-state index in [1.165, 1.54) is 21.4 Å². The fraction of sp³-hybridized carbons (Fsp3) is 0. The van der Waals surface area contributed by atoms with Crippen molar-refractivity contribution in [1.82, 2.24) is 0 Å². The minimum Gasteiger partial charge on any atom is -0.0622 e. The second-order valence-corrected chi connectivity index (χ2v) is 5.38. The largest absolute Gasteiger partial charge is 0.0622 e. The average molecular weight is 236 g/mol. The van der Waals surface area contributed by atoms with Gasteiger partial charge in [-0.05, 0) is 21.4 Å². The van der Waals surface area contributed by atoms with Crippen LogP contribution in [0.5, 0.6) is 0 Å². The quantitative estimate of drug-likeness (QED) is 0.598. The summed E-state index contributed by atoms with van der Waals surface area (Å²) in [5.74, 6) is 0. The van der Waals surface area contributed by atoms with Crippen molar-refractivity contribution in [2.75, 3.05) is 0 Å². The first kappa shape index (κ1) is 10.5. The minimum absolute atomic E-state index is 0.731. The van der Waals surface area contributed by atoms with Crippen LogP contribution in [-0.2, 0) is 0 Å². The highest BCUT2D eigenvalue weighted by Gasteiger charge is 2.00. The van der Waals surface area contributed by atoms with Crippen LogP contribution < -0.4 is 10.6 Å². The molecule has 0 fully saturated rings. The highest BCUT2D eigenvalue weighted by molar-refractivity contribution is 7.56. The van der Waals surface area contributed by atoms with E-state index in [1.54, 1.807) is 0 Å². The summed E-state index contributed by atoms with van der Waals surface area (Å²) < 4.78 is 0. The lowest BCUT2D eigenvalue weighted by atomic mass is 10.1.